The molecule has 1 unspecified atom stereocenters. The van der Waals surface area contributed by atoms with Gasteiger partial charge in [0.2, 0.25) is 0 Å². The standard InChI is InChI=1S/C16H27NO2/c1-11(2)15(10-18)9-17-8-14-6-12(3)16(19-5)13(4)7-14/h6-7,11,15,17-18H,8-10H2,1-5H3. The van der Waals surface area contributed by atoms with E-state index in [9.17, 15) is 5.11 Å². The SMILES string of the molecule is COc1c(C)cc(CNCC(CO)C(C)C)cc1C. The van der Waals surface area contributed by atoms with E-state index in [0.29, 0.717) is 11.8 Å². The first-order valence-corrected chi connectivity index (χ1v) is 6.95. The molecule has 0 bridgehead atoms. The second-order valence-electron chi connectivity index (χ2n) is 5.58. The predicted molar refractivity (Wildman–Crippen MR) is 79.6 cm³/mol. The number of aryl methyl sites for hydroxylation is 2. The van der Waals surface area contributed by atoms with E-state index in [-0.39, 0.29) is 6.61 Å². The fraction of sp³-hybridized carbons (Fsp3) is 0.625. The van der Waals surface area contributed by atoms with Gasteiger partial charge in [-0.25, -0.2) is 0 Å². The van der Waals surface area contributed by atoms with Crippen molar-refractivity contribution in [3.05, 3.63) is 28.8 Å². The van der Waals surface area contributed by atoms with Crippen LogP contribution in [0.3, 0.4) is 0 Å². The van der Waals surface area contributed by atoms with E-state index in [1.54, 1.807) is 7.11 Å². The van der Waals surface area contributed by atoms with Crippen molar-refractivity contribution in [1.29, 1.82) is 0 Å². The molecule has 1 aromatic carbocycles. The van der Waals surface area contributed by atoms with Gasteiger partial charge in [0.25, 0.3) is 0 Å². The number of nitrogens with one attached hydrogen (secondary N) is 1. The Morgan fingerprint density at radius 3 is 2.21 bits per heavy atom. The highest BCUT2D eigenvalue weighted by molar-refractivity contribution is 5.43. The molecule has 0 radical (unpaired) electrons. The average Bonchev–Trinajstić information content (AvgIpc) is 2.34. The molecule has 108 valence electrons. The van der Waals surface area contributed by atoms with Crippen molar-refractivity contribution < 1.29 is 9.84 Å². The van der Waals surface area contributed by atoms with Crippen LogP contribution in [-0.2, 0) is 6.54 Å². The van der Waals surface area contributed by atoms with Gasteiger partial charge in [-0.05, 0) is 42.4 Å². The van der Waals surface area contributed by atoms with E-state index in [0.717, 1.165) is 18.8 Å². The monoisotopic (exact) mass is 265 g/mol. The van der Waals surface area contributed by atoms with Gasteiger partial charge in [0.1, 0.15) is 5.75 Å². The maximum absolute atomic E-state index is 9.29. The van der Waals surface area contributed by atoms with Crippen molar-refractivity contribution in [3.63, 3.8) is 0 Å². The number of aliphatic hydroxyl groups is 1. The van der Waals surface area contributed by atoms with E-state index in [1.807, 2.05) is 0 Å². The molecule has 3 heteroatoms. The number of rotatable bonds is 7. The zero-order valence-corrected chi connectivity index (χ0v) is 12.8. The molecule has 0 aliphatic heterocycles. The molecule has 1 rings (SSSR count). The molecule has 0 saturated carbocycles. The summed E-state index contributed by atoms with van der Waals surface area (Å²) in [6.45, 7) is 10.3. The van der Waals surface area contributed by atoms with E-state index in [1.165, 1.54) is 16.7 Å². The number of ether oxygens (including phenoxy) is 1. The number of aliphatic hydroxyl groups excluding tert-OH is 1. The third-order valence-corrected chi connectivity index (χ3v) is 3.64. The molecule has 0 aliphatic carbocycles. The second-order valence-corrected chi connectivity index (χ2v) is 5.58. The molecular formula is C16H27NO2. The van der Waals surface area contributed by atoms with Gasteiger partial charge in [0, 0.05) is 19.7 Å². The highest BCUT2D eigenvalue weighted by atomic mass is 16.5. The summed E-state index contributed by atoms with van der Waals surface area (Å²) in [5.41, 5.74) is 3.60. The molecule has 0 heterocycles. The number of hydrogen-bond acceptors (Lipinski definition) is 3. The molecule has 3 nitrogen and oxygen atoms in total. The zero-order valence-electron chi connectivity index (χ0n) is 12.8. The first-order chi connectivity index (χ1) is 8.99. The first-order valence-electron chi connectivity index (χ1n) is 6.95. The molecule has 0 aliphatic rings. The molecule has 0 amide bonds. The van der Waals surface area contributed by atoms with Gasteiger partial charge in [0.05, 0.1) is 7.11 Å². The normalized spacial score (nSPS) is 12.8. The Morgan fingerprint density at radius 2 is 1.79 bits per heavy atom. The van der Waals surface area contributed by atoms with Gasteiger partial charge in [0.15, 0.2) is 0 Å². The summed E-state index contributed by atoms with van der Waals surface area (Å²) in [7, 11) is 1.71. The van der Waals surface area contributed by atoms with Crippen molar-refractivity contribution in [1.82, 2.24) is 5.32 Å². The minimum absolute atomic E-state index is 0.241. The predicted octanol–water partition coefficient (Wildman–Crippen LogP) is 2.67. The molecule has 0 saturated heterocycles. The van der Waals surface area contributed by atoms with Gasteiger partial charge in [-0.3, -0.25) is 0 Å². The summed E-state index contributed by atoms with van der Waals surface area (Å²) in [5, 5.41) is 12.7. The fourth-order valence-electron chi connectivity index (χ4n) is 2.38. The van der Waals surface area contributed by atoms with Crippen LogP contribution in [0.2, 0.25) is 0 Å². The molecule has 1 aromatic rings. The van der Waals surface area contributed by atoms with Crippen molar-refractivity contribution in [2.75, 3.05) is 20.3 Å². The third kappa shape index (κ3) is 4.51. The number of hydrogen-bond donors (Lipinski definition) is 2. The van der Waals surface area contributed by atoms with Crippen molar-refractivity contribution in [3.8, 4) is 5.75 Å². The van der Waals surface area contributed by atoms with Gasteiger partial charge >= 0.3 is 0 Å². The van der Waals surface area contributed by atoms with E-state index < -0.39 is 0 Å². The Hall–Kier alpha value is -1.06. The Bertz CT molecular complexity index is 379. The largest absolute Gasteiger partial charge is 0.496 e. The van der Waals surface area contributed by atoms with E-state index in [4.69, 9.17) is 4.74 Å². The maximum atomic E-state index is 9.29. The summed E-state index contributed by atoms with van der Waals surface area (Å²) >= 11 is 0. The Balaban J connectivity index is 2.59. The van der Waals surface area contributed by atoms with Crippen molar-refractivity contribution in [2.24, 2.45) is 11.8 Å². The van der Waals surface area contributed by atoms with Crippen molar-refractivity contribution >= 4 is 0 Å². The smallest absolute Gasteiger partial charge is 0.124 e. The van der Waals surface area contributed by atoms with Crippen LogP contribution in [0.4, 0.5) is 0 Å². The Labute approximate surface area is 117 Å². The quantitative estimate of drug-likeness (QED) is 0.796. The minimum atomic E-state index is 0.241. The lowest BCUT2D eigenvalue weighted by Crippen LogP contribution is -2.28. The minimum Gasteiger partial charge on any atom is -0.496 e. The summed E-state index contributed by atoms with van der Waals surface area (Å²) < 4.78 is 5.37. The van der Waals surface area contributed by atoms with E-state index >= 15 is 0 Å². The lowest BCUT2D eigenvalue weighted by molar-refractivity contribution is 0.186. The lowest BCUT2D eigenvalue weighted by Gasteiger charge is -2.19. The molecule has 0 spiro atoms. The average molecular weight is 265 g/mol. The molecule has 0 aromatic heterocycles. The molecule has 2 N–H and O–H groups in total. The van der Waals surface area contributed by atoms with Crippen LogP contribution in [0, 0.1) is 25.7 Å². The third-order valence-electron chi connectivity index (χ3n) is 3.64. The summed E-state index contributed by atoms with van der Waals surface area (Å²) in [6.07, 6.45) is 0. The first kappa shape index (κ1) is 16.0. The van der Waals surface area contributed by atoms with Crippen LogP contribution in [0.1, 0.15) is 30.5 Å². The second kappa shape index (κ2) is 7.51. The van der Waals surface area contributed by atoms with Gasteiger partial charge in [-0.15, -0.1) is 0 Å². The number of benzene rings is 1. The van der Waals surface area contributed by atoms with Gasteiger partial charge in [-0.1, -0.05) is 26.0 Å². The number of methoxy groups -OCH3 is 1. The molecule has 0 fully saturated rings. The van der Waals surface area contributed by atoms with Crippen LogP contribution < -0.4 is 10.1 Å². The molecular weight excluding hydrogens is 238 g/mol. The maximum Gasteiger partial charge on any atom is 0.124 e. The molecule has 1 atom stereocenters. The summed E-state index contributed by atoms with van der Waals surface area (Å²) in [4.78, 5) is 0. The fourth-order valence-corrected chi connectivity index (χ4v) is 2.38. The van der Waals surface area contributed by atoms with Crippen molar-refractivity contribution in [2.45, 2.75) is 34.2 Å². The van der Waals surface area contributed by atoms with Crippen LogP contribution >= 0.6 is 0 Å². The van der Waals surface area contributed by atoms with Gasteiger partial charge < -0.3 is 15.2 Å². The van der Waals surface area contributed by atoms with Crippen LogP contribution in [0.15, 0.2) is 12.1 Å². The van der Waals surface area contributed by atoms with Crippen LogP contribution in [0.5, 0.6) is 5.75 Å². The van der Waals surface area contributed by atoms with Crippen LogP contribution in [-0.4, -0.2) is 25.4 Å². The lowest BCUT2D eigenvalue weighted by atomic mass is 9.97. The zero-order chi connectivity index (χ0) is 14.4. The van der Waals surface area contributed by atoms with Crippen LogP contribution in [0.25, 0.3) is 0 Å². The summed E-state index contributed by atoms with van der Waals surface area (Å²) in [5.74, 6) is 1.79. The van der Waals surface area contributed by atoms with Gasteiger partial charge in [-0.2, -0.15) is 0 Å². The van der Waals surface area contributed by atoms with E-state index in [2.05, 4.69) is 45.1 Å². The Morgan fingerprint density at radius 1 is 1.21 bits per heavy atom. The highest BCUT2D eigenvalue weighted by Gasteiger charge is 2.11. The summed E-state index contributed by atoms with van der Waals surface area (Å²) in [6, 6.07) is 4.31. The Kier molecular flexibility index (Phi) is 6.32. The topological polar surface area (TPSA) is 41.5 Å². The molecule has 19 heavy (non-hydrogen) atoms. The highest BCUT2D eigenvalue weighted by Crippen LogP contribution is 2.24.